The molecule has 18 heavy (non-hydrogen) atoms. The smallest absolute Gasteiger partial charge is 0.0961 e. The van der Waals surface area contributed by atoms with Crippen LogP contribution in [0, 0.1) is 6.92 Å². The first kappa shape index (κ1) is 14.1. The summed E-state index contributed by atoms with van der Waals surface area (Å²) in [5.74, 6) is 1.04. The molecule has 0 saturated carbocycles. The molecule has 0 unspecified atom stereocenters. The molecule has 0 aromatic carbocycles. The lowest BCUT2D eigenvalue weighted by Gasteiger charge is -2.03. The molecule has 1 N–H and O–H groups in total. The first-order valence-electron chi connectivity index (χ1n) is 5.74. The van der Waals surface area contributed by atoms with Gasteiger partial charge in [0.05, 0.1) is 5.03 Å². The van der Waals surface area contributed by atoms with Crippen LogP contribution < -0.4 is 5.32 Å². The van der Waals surface area contributed by atoms with Gasteiger partial charge in [-0.15, -0.1) is 23.1 Å². The van der Waals surface area contributed by atoms with Crippen LogP contribution in [0.15, 0.2) is 40.0 Å². The van der Waals surface area contributed by atoms with Crippen molar-refractivity contribution in [3.63, 3.8) is 0 Å². The maximum Gasteiger partial charge on any atom is 0.0961 e. The van der Waals surface area contributed by atoms with E-state index in [9.17, 15) is 0 Å². The van der Waals surface area contributed by atoms with Gasteiger partial charge >= 0.3 is 0 Å². The van der Waals surface area contributed by atoms with Crippen LogP contribution in [0.25, 0.3) is 0 Å². The van der Waals surface area contributed by atoms with Crippen molar-refractivity contribution in [2.45, 2.75) is 18.5 Å². The molecular weight excluding hydrogens is 328 g/mol. The third kappa shape index (κ3) is 4.72. The minimum Gasteiger partial charge on any atom is -0.311 e. The Morgan fingerprint density at radius 1 is 1.33 bits per heavy atom. The van der Waals surface area contributed by atoms with Crippen molar-refractivity contribution in [3.8, 4) is 0 Å². The highest BCUT2D eigenvalue weighted by atomic mass is 79.9. The van der Waals surface area contributed by atoms with Crippen LogP contribution in [0.2, 0.25) is 0 Å². The van der Waals surface area contributed by atoms with Crippen molar-refractivity contribution in [2.24, 2.45) is 0 Å². The maximum atomic E-state index is 4.33. The zero-order valence-electron chi connectivity index (χ0n) is 10.1. The van der Waals surface area contributed by atoms with Gasteiger partial charge < -0.3 is 5.32 Å². The summed E-state index contributed by atoms with van der Waals surface area (Å²) >= 11 is 7.02. The van der Waals surface area contributed by atoms with E-state index in [1.165, 1.54) is 9.75 Å². The monoisotopic (exact) mass is 342 g/mol. The predicted octanol–water partition coefficient (Wildman–Crippen LogP) is 4.10. The van der Waals surface area contributed by atoms with Crippen LogP contribution in [0.1, 0.15) is 9.75 Å². The Morgan fingerprint density at radius 2 is 2.22 bits per heavy atom. The number of thioether (sulfide) groups is 1. The van der Waals surface area contributed by atoms with Gasteiger partial charge in [0.25, 0.3) is 0 Å². The van der Waals surface area contributed by atoms with Crippen LogP contribution in [0.3, 0.4) is 0 Å². The number of nitrogens with one attached hydrogen (secondary N) is 1. The summed E-state index contributed by atoms with van der Waals surface area (Å²) in [5.41, 5.74) is 0. The van der Waals surface area contributed by atoms with E-state index in [2.05, 4.69) is 45.3 Å². The van der Waals surface area contributed by atoms with Crippen LogP contribution in [0.5, 0.6) is 0 Å². The second kappa shape index (κ2) is 7.28. The topological polar surface area (TPSA) is 24.9 Å². The fourth-order valence-corrected chi connectivity index (χ4v) is 3.31. The van der Waals surface area contributed by atoms with E-state index in [1.807, 2.05) is 29.7 Å². The molecule has 0 amide bonds. The van der Waals surface area contributed by atoms with E-state index in [0.717, 1.165) is 28.3 Å². The molecule has 2 aromatic heterocycles. The van der Waals surface area contributed by atoms with E-state index < -0.39 is 0 Å². The molecule has 0 bridgehead atoms. The maximum absolute atomic E-state index is 4.33. The van der Waals surface area contributed by atoms with Crippen molar-refractivity contribution >= 4 is 39.0 Å². The number of aryl methyl sites for hydroxylation is 1. The van der Waals surface area contributed by atoms with Crippen LogP contribution in [0.4, 0.5) is 0 Å². The van der Waals surface area contributed by atoms with Gasteiger partial charge in [0.15, 0.2) is 0 Å². The molecule has 96 valence electrons. The van der Waals surface area contributed by atoms with Crippen LogP contribution in [-0.2, 0) is 6.54 Å². The minimum atomic E-state index is 0.965. The molecule has 0 aliphatic rings. The molecule has 2 rings (SSSR count). The summed E-state index contributed by atoms with van der Waals surface area (Å²) in [6.07, 6.45) is 1.84. The SMILES string of the molecule is Cc1ccc(CNCCSc2ccc(Br)cn2)s1. The summed E-state index contributed by atoms with van der Waals surface area (Å²) in [5, 5.41) is 4.53. The Bertz CT molecular complexity index is 482. The van der Waals surface area contributed by atoms with Gasteiger partial charge in [-0.25, -0.2) is 4.98 Å². The number of hydrogen-bond donors (Lipinski definition) is 1. The molecule has 0 aliphatic carbocycles. The summed E-state index contributed by atoms with van der Waals surface area (Å²) < 4.78 is 1.03. The third-order valence-corrected chi connectivity index (χ3v) is 4.74. The lowest BCUT2D eigenvalue weighted by atomic mass is 10.4. The van der Waals surface area contributed by atoms with E-state index in [4.69, 9.17) is 0 Å². The molecule has 5 heteroatoms. The lowest BCUT2D eigenvalue weighted by Crippen LogP contribution is -2.15. The average Bonchev–Trinajstić information content (AvgIpc) is 2.77. The second-order valence-electron chi connectivity index (χ2n) is 3.85. The molecule has 0 atom stereocenters. The summed E-state index contributed by atoms with van der Waals surface area (Å²) in [4.78, 5) is 7.11. The van der Waals surface area contributed by atoms with Gasteiger partial charge in [-0.05, 0) is 47.1 Å². The van der Waals surface area contributed by atoms with Crippen molar-refractivity contribution in [2.75, 3.05) is 12.3 Å². The van der Waals surface area contributed by atoms with E-state index in [-0.39, 0.29) is 0 Å². The number of nitrogens with zero attached hydrogens (tertiary/aromatic N) is 1. The first-order chi connectivity index (χ1) is 8.74. The molecule has 2 nitrogen and oxygen atoms in total. The zero-order valence-corrected chi connectivity index (χ0v) is 13.4. The highest BCUT2D eigenvalue weighted by molar-refractivity contribution is 9.10. The van der Waals surface area contributed by atoms with Gasteiger partial charge in [-0.1, -0.05) is 0 Å². The molecule has 0 spiro atoms. The normalized spacial score (nSPS) is 10.8. The Morgan fingerprint density at radius 3 is 2.89 bits per heavy atom. The number of halogens is 1. The van der Waals surface area contributed by atoms with Gasteiger partial charge in [0, 0.05) is 39.3 Å². The number of aromatic nitrogens is 1. The zero-order chi connectivity index (χ0) is 12.8. The van der Waals surface area contributed by atoms with Crippen LogP contribution >= 0.6 is 39.0 Å². The largest absolute Gasteiger partial charge is 0.311 e. The highest BCUT2D eigenvalue weighted by Gasteiger charge is 1.97. The van der Waals surface area contributed by atoms with Crippen molar-refractivity contribution < 1.29 is 0 Å². The average molecular weight is 343 g/mol. The number of rotatable bonds is 6. The summed E-state index contributed by atoms with van der Waals surface area (Å²) in [7, 11) is 0. The van der Waals surface area contributed by atoms with Crippen molar-refractivity contribution in [1.29, 1.82) is 0 Å². The van der Waals surface area contributed by atoms with E-state index in [1.54, 1.807) is 11.8 Å². The molecule has 0 radical (unpaired) electrons. The lowest BCUT2D eigenvalue weighted by molar-refractivity contribution is 0.740. The Labute approximate surface area is 124 Å². The van der Waals surface area contributed by atoms with E-state index in [0.29, 0.717) is 0 Å². The fourth-order valence-electron chi connectivity index (χ4n) is 1.47. The molecule has 2 heterocycles. The second-order valence-corrected chi connectivity index (χ2v) is 7.26. The fraction of sp³-hybridized carbons (Fsp3) is 0.308. The van der Waals surface area contributed by atoms with Crippen molar-refractivity contribution in [1.82, 2.24) is 10.3 Å². The van der Waals surface area contributed by atoms with E-state index >= 15 is 0 Å². The van der Waals surface area contributed by atoms with Gasteiger partial charge in [-0.3, -0.25) is 0 Å². The Kier molecular flexibility index (Phi) is 5.69. The molecule has 0 aliphatic heterocycles. The standard InChI is InChI=1S/C13H15BrN2S2/c1-10-2-4-12(18-10)9-15-6-7-17-13-5-3-11(14)8-16-13/h2-5,8,15H,6-7,9H2,1H3. The minimum absolute atomic E-state index is 0.965. The van der Waals surface area contributed by atoms with Crippen LogP contribution in [-0.4, -0.2) is 17.3 Å². The highest BCUT2D eigenvalue weighted by Crippen LogP contribution is 2.17. The number of thiophene rings is 1. The molecule has 0 fully saturated rings. The number of pyridine rings is 1. The van der Waals surface area contributed by atoms with Gasteiger partial charge in [0.1, 0.15) is 0 Å². The Balaban J connectivity index is 1.63. The number of hydrogen-bond acceptors (Lipinski definition) is 4. The van der Waals surface area contributed by atoms with Gasteiger partial charge in [0.2, 0.25) is 0 Å². The third-order valence-electron chi connectivity index (χ3n) is 2.32. The molecule has 2 aromatic rings. The molecular formula is C13H15BrN2S2. The van der Waals surface area contributed by atoms with Crippen molar-refractivity contribution in [3.05, 3.63) is 44.7 Å². The quantitative estimate of drug-likeness (QED) is 0.632. The predicted molar refractivity (Wildman–Crippen MR) is 83.4 cm³/mol. The van der Waals surface area contributed by atoms with Gasteiger partial charge in [-0.2, -0.15) is 0 Å². The summed E-state index contributed by atoms with van der Waals surface area (Å²) in [6.45, 7) is 4.11. The Hall–Kier alpha value is -0.360. The summed E-state index contributed by atoms with van der Waals surface area (Å²) in [6, 6.07) is 8.42. The first-order valence-corrected chi connectivity index (χ1v) is 8.34. The molecule has 0 saturated heterocycles.